The molecule has 26 heavy (non-hydrogen) atoms. The van der Waals surface area contributed by atoms with E-state index in [4.69, 9.17) is 15.2 Å². The van der Waals surface area contributed by atoms with Crippen LogP contribution in [-0.2, 0) is 11.3 Å². The molecule has 1 saturated carbocycles. The van der Waals surface area contributed by atoms with Crippen LogP contribution in [0.5, 0.6) is 11.5 Å². The van der Waals surface area contributed by atoms with E-state index in [-0.39, 0.29) is 35.9 Å². The molecule has 1 fully saturated rings. The van der Waals surface area contributed by atoms with E-state index < -0.39 is 18.2 Å². The second-order valence-corrected chi connectivity index (χ2v) is 7.57. The van der Waals surface area contributed by atoms with Crippen molar-refractivity contribution in [3.8, 4) is 11.5 Å². The van der Waals surface area contributed by atoms with Gasteiger partial charge in [0, 0.05) is 13.1 Å². The molecular formula is C18H25F3N2O3. The van der Waals surface area contributed by atoms with Gasteiger partial charge in [-0.05, 0) is 36.0 Å². The van der Waals surface area contributed by atoms with E-state index in [9.17, 15) is 18.0 Å². The molecule has 1 aliphatic rings. The molecule has 2 rings (SSSR count). The first-order valence-corrected chi connectivity index (χ1v) is 8.35. The second kappa shape index (κ2) is 7.34. The molecule has 1 amide bonds. The van der Waals surface area contributed by atoms with Gasteiger partial charge in [-0.2, -0.15) is 13.2 Å². The van der Waals surface area contributed by atoms with E-state index in [1.807, 2.05) is 0 Å². The average molecular weight is 374 g/mol. The summed E-state index contributed by atoms with van der Waals surface area (Å²) in [4.78, 5) is 12.5. The molecule has 3 N–H and O–H groups in total. The maximum absolute atomic E-state index is 12.5. The summed E-state index contributed by atoms with van der Waals surface area (Å²) in [7, 11) is 1.35. The minimum Gasteiger partial charge on any atom is -0.493 e. The Bertz CT molecular complexity index is 652. The van der Waals surface area contributed by atoms with Gasteiger partial charge in [0.15, 0.2) is 18.1 Å². The molecule has 1 aromatic rings. The molecule has 0 aromatic heterocycles. The van der Waals surface area contributed by atoms with Crippen LogP contribution < -0.4 is 20.5 Å². The van der Waals surface area contributed by atoms with E-state index in [0.717, 1.165) is 12.8 Å². The summed E-state index contributed by atoms with van der Waals surface area (Å²) in [5.74, 6) is 0.0778. The number of nitrogens with two attached hydrogens (primary N) is 1. The summed E-state index contributed by atoms with van der Waals surface area (Å²) >= 11 is 0. The maximum atomic E-state index is 12.5. The summed E-state index contributed by atoms with van der Waals surface area (Å²) in [5, 5.41) is 2.86. The third-order valence-corrected chi connectivity index (χ3v) is 4.58. The summed E-state index contributed by atoms with van der Waals surface area (Å²) in [5.41, 5.74) is 6.07. The van der Waals surface area contributed by atoms with Crippen LogP contribution in [0.4, 0.5) is 13.2 Å². The van der Waals surface area contributed by atoms with E-state index >= 15 is 0 Å². The van der Waals surface area contributed by atoms with Crippen molar-refractivity contribution in [2.75, 3.05) is 20.3 Å². The van der Waals surface area contributed by atoms with Crippen LogP contribution in [0, 0.1) is 10.8 Å². The lowest BCUT2D eigenvalue weighted by molar-refractivity contribution is -0.153. The smallest absolute Gasteiger partial charge is 0.422 e. The van der Waals surface area contributed by atoms with Crippen LogP contribution >= 0.6 is 0 Å². The lowest BCUT2D eigenvalue weighted by Gasteiger charge is -2.51. The number of carbonyl (C=O) groups excluding carboxylic acids is 1. The Hall–Kier alpha value is -1.96. The van der Waals surface area contributed by atoms with Crippen molar-refractivity contribution in [3.63, 3.8) is 0 Å². The molecule has 1 aliphatic carbocycles. The summed E-state index contributed by atoms with van der Waals surface area (Å²) in [6, 6.07) is 4.54. The third-order valence-electron chi connectivity index (χ3n) is 4.58. The predicted octanol–water partition coefficient (Wildman–Crippen LogP) is 3.02. The second-order valence-electron chi connectivity index (χ2n) is 7.57. The normalized spacial score (nSPS) is 18.0. The third kappa shape index (κ3) is 4.81. The number of hydrogen-bond donors (Lipinski definition) is 2. The van der Waals surface area contributed by atoms with Crippen LogP contribution in [0.1, 0.15) is 32.3 Å². The lowest BCUT2D eigenvalue weighted by Crippen LogP contribution is -2.56. The van der Waals surface area contributed by atoms with Gasteiger partial charge < -0.3 is 20.5 Å². The van der Waals surface area contributed by atoms with E-state index in [2.05, 4.69) is 19.2 Å². The molecule has 0 aliphatic heterocycles. The molecular weight excluding hydrogens is 349 g/mol. The molecule has 0 saturated heterocycles. The highest BCUT2D eigenvalue weighted by molar-refractivity contribution is 5.84. The van der Waals surface area contributed by atoms with Crippen molar-refractivity contribution in [3.05, 3.63) is 23.8 Å². The van der Waals surface area contributed by atoms with Gasteiger partial charge in [0.1, 0.15) is 0 Å². The molecule has 0 unspecified atom stereocenters. The quantitative estimate of drug-likeness (QED) is 0.770. The van der Waals surface area contributed by atoms with Gasteiger partial charge in [-0.3, -0.25) is 4.79 Å². The van der Waals surface area contributed by atoms with Crippen molar-refractivity contribution in [2.24, 2.45) is 16.6 Å². The Labute approximate surface area is 151 Å². The number of amides is 1. The van der Waals surface area contributed by atoms with Crippen LogP contribution in [0.3, 0.4) is 0 Å². The highest BCUT2D eigenvalue weighted by Gasteiger charge is 2.53. The lowest BCUT2D eigenvalue weighted by atomic mass is 9.54. The number of hydrogen-bond acceptors (Lipinski definition) is 4. The van der Waals surface area contributed by atoms with Crippen LogP contribution in [0.15, 0.2) is 18.2 Å². The van der Waals surface area contributed by atoms with Crippen molar-refractivity contribution in [2.45, 2.75) is 39.4 Å². The van der Waals surface area contributed by atoms with Crippen molar-refractivity contribution >= 4 is 5.91 Å². The number of alkyl halides is 3. The number of methoxy groups -OCH3 is 1. The minimum absolute atomic E-state index is 0.000859. The number of benzene rings is 1. The highest BCUT2D eigenvalue weighted by atomic mass is 19.4. The zero-order valence-corrected chi connectivity index (χ0v) is 15.2. The minimum atomic E-state index is -4.43. The number of nitrogens with one attached hydrogen (secondary N) is 1. The van der Waals surface area contributed by atoms with E-state index in [1.165, 1.54) is 13.2 Å². The molecule has 0 heterocycles. The van der Waals surface area contributed by atoms with Gasteiger partial charge in [-0.1, -0.05) is 19.9 Å². The van der Waals surface area contributed by atoms with Gasteiger partial charge in [0.25, 0.3) is 0 Å². The van der Waals surface area contributed by atoms with E-state index in [1.54, 1.807) is 12.1 Å². The number of carbonyl (C=O) groups is 1. The molecule has 146 valence electrons. The summed E-state index contributed by atoms with van der Waals surface area (Å²) in [6.45, 7) is 3.32. The summed E-state index contributed by atoms with van der Waals surface area (Å²) < 4.78 is 46.7. The molecule has 1 aromatic carbocycles. The largest absolute Gasteiger partial charge is 0.493 e. The first-order chi connectivity index (χ1) is 12.0. The average Bonchev–Trinajstić information content (AvgIpc) is 2.54. The Morgan fingerprint density at radius 2 is 1.92 bits per heavy atom. The SMILES string of the molecule is COc1cc(CNC(=O)C2(CN)CC(C)(C)C2)ccc1OCC(F)(F)F. The molecule has 0 spiro atoms. The summed E-state index contributed by atoms with van der Waals surface area (Å²) in [6.07, 6.45) is -2.96. The number of rotatable bonds is 7. The number of halogens is 3. The van der Waals surface area contributed by atoms with Crippen LogP contribution in [0.25, 0.3) is 0 Å². The fraction of sp³-hybridized carbons (Fsp3) is 0.611. The number of ether oxygens (including phenoxy) is 2. The van der Waals surface area contributed by atoms with Crippen molar-refractivity contribution in [1.82, 2.24) is 5.32 Å². The van der Waals surface area contributed by atoms with Gasteiger partial charge in [-0.15, -0.1) is 0 Å². The first kappa shape index (κ1) is 20.4. The van der Waals surface area contributed by atoms with Gasteiger partial charge in [0.05, 0.1) is 12.5 Å². The Kier molecular flexibility index (Phi) is 5.75. The fourth-order valence-corrected chi connectivity index (χ4v) is 3.65. The first-order valence-electron chi connectivity index (χ1n) is 8.35. The Morgan fingerprint density at radius 3 is 2.42 bits per heavy atom. The molecule has 0 bridgehead atoms. The van der Waals surface area contributed by atoms with Gasteiger partial charge in [-0.25, -0.2) is 0 Å². The maximum Gasteiger partial charge on any atom is 0.422 e. The predicted molar refractivity (Wildman–Crippen MR) is 90.9 cm³/mol. The van der Waals surface area contributed by atoms with Crippen molar-refractivity contribution in [1.29, 1.82) is 0 Å². The van der Waals surface area contributed by atoms with Crippen molar-refractivity contribution < 1.29 is 27.4 Å². The Morgan fingerprint density at radius 1 is 1.27 bits per heavy atom. The monoisotopic (exact) mass is 374 g/mol. The Balaban J connectivity index is 1.98. The molecule has 0 atom stereocenters. The standard InChI is InChI=1S/C18H25F3N2O3/c1-16(2)8-17(9-16,10-22)15(24)23-7-12-4-5-13(14(6-12)25-3)26-11-18(19,20)21/h4-6H,7-11,22H2,1-3H3,(H,23,24). The fourth-order valence-electron chi connectivity index (χ4n) is 3.65. The molecule has 8 heteroatoms. The van der Waals surface area contributed by atoms with Gasteiger partial charge in [0.2, 0.25) is 5.91 Å². The highest BCUT2D eigenvalue weighted by Crippen LogP contribution is 2.53. The zero-order valence-electron chi connectivity index (χ0n) is 15.2. The topological polar surface area (TPSA) is 73.6 Å². The zero-order chi connectivity index (χ0) is 19.6. The van der Waals surface area contributed by atoms with E-state index in [0.29, 0.717) is 5.56 Å². The van der Waals surface area contributed by atoms with Gasteiger partial charge >= 0.3 is 6.18 Å². The van der Waals surface area contributed by atoms with Crippen LogP contribution in [0.2, 0.25) is 0 Å². The molecule has 0 radical (unpaired) electrons. The van der Waals surface area contributed by atoms with Crippen LogP contribution in [-0.4, -0.2) is 32.3 Å². The molecule has 5 nitrogen and oxygen atoms in total.